The van der Waals surface area contributed by atoms with E-state index in [9.17, 15) is 9.59 Å². The molecule has 0 saturated heterocycles. The van der Waals surface area contributed by atoms with E-state index in [-0.39, 0.29) is 28.5 Å². The molecule has 0 bridgehead atoms. The third-order valence-electron chi connectivity index (χ3n) is 4.17. The first-order valence-corrected chi connectivity index (χ1v) is 10.6. The highest BCUT2D eigenvalue weighted by atomic mass is 79.9. The van der Waals surface area contributed by atoms with Crippen LogP contribution >= 0.6 is 22.7 Å². The van der Waals surface area contributed by atoms with Crippen LogP contribution in [0.15, 0.2) is 60.0 Å². The number of carbonyl (C=O) groups excluding carboxylic acids is 1. The average Bonchev–Trinajstić information content (AvgIpc) is 3.35. The first-order chi connectivity index (χ1) is 14.5. The van der Waals surface area contributed by atoms with Crippen molar-refractivity contribution in [2.45, 2.75) is 6.92 Å². The normalized spacial score (nSPS) is 10.2. The molecule has 4 rings (SSSR count). The SMILES string of the molecule is Cc1nc(NC(=O)c2ccccc2)sc1-c1csc(Nc2ccc(C(=O)O)cc2)n1.[Br-]. The topological polar surface area (TPSA) is 104 Å². The maximum atomic E-state index is 12.3. The van der Waals surface area contributed by atoms with Crippen molar-refractivity contribution in [3.63, 3.8) is 0 Å². The summed E-state index contributed by atoms with van der Waals surface area (Å²) in [6.45, 7) is 1.88. The highest BCUT2D eigenvalue weighted by molar-refractivity contribution is 7.20. The van der Waals surface area contributed by atoms with Gasteiger partial charge in [-0.2, -0.15) is 0 Å². The van der Waals surface area contributed by atoms with Crippen LogP contribution in [0, 0.1) is 6.92 Å². The largest absolute Gasteiger partial charge is 1.00 e. The molecule has 0 saturated carbocycles. The Morgan fingerprint density at radius 3 is 2.32 bits per heavy atom. The summed E-state index contributed by atoms with van der Waals surface area (Å²) in [5, 5.41) is 18.1. The van der Waals surface area contributed by atoms with Crippen LogP contribution in [0.1, 0.15) is 26.4 Å². The van der Waals surface area contributed by atoms with Crippen LogP contribution in [-0.4, -0.2) is 27.0 Å². The summed E-state index contributed by atoms with van der Waals surface area (Å²) >= 11 is 2.80. The van der Waals surface area contributed by atoms with Crippen molar-refractivity contribution >= 4 is 50.5 Å². The molecule has 0 atom stereocenters. The number of anilines is 3. The van der Waals surface area contributed by atoms with Gasteiger partial charge in [-0.25, -0.2) is 14.8 Å². The van der Waals surface area contributed by atoms with Crippen LogP contribution in [0.3, 0.4) is 0 Å². The lowest BCUT2D eigenvalue weighted by atomic mass is 10.2. The Bertz CT molecular complexity index is 1210. The Hall–Kier alpha value is -3.08. The lowest BCUT2D eigenvalue weighted by Gasteiger charge is -2.02. The number of amides is 1. The number of nitrogens with zero attached hydrogens (tertiary/aromatic N) is 2. The Kier molecular flexibility index (Phi) is 7.16. The maximum Gasteiger partial charge on any atom is 0.335 e. The van der Waals surface area contributed by atoms with E-state index in [4.69, 9.17) is 5.11 Å². The van der Waals surface area contributed by atoms with Gasteiger partial charge in [0.1, 0.15) is 0 Å². The monoisotopic (exact) mass is 515 g/mol. The number of nitrogens with one attached hydrogen (secondary N) is 2. The Balaban J connectivity index is 0.00000272. The summed E-state index contributed by atoms with van der Waals surface area (Å²) < 4.78 is 0. The van der Waals surface area contributed by atoms with Crippen LogP contribution in [0.25, 0.3) is 10.6 Å². The van der Waals surface area contributed by atoms with E-state index in [0.29, 0.717) is 15.8 Å². The van der Waals surface area contributed by atoms with Crippen molar-refractivity contribution < 1.29 is 31.7 Å². The zero-order valence-corrected chi connectivity index (χ0v) is 19.3. The minimum Gasteiger partial charge on any atom is -1.00 e. The van der Waals surface area contributed by atoms with Crippen molar-refractivity contribution in [2.75, 3.05) is 10.6 Å². The minimum atomic E-state index is -0.964. The molecule has 2 aromatic heterocycles. The standard InChI is InChI=1S/C21H16N4O3S2.BrH/c1-12-17(30-21(22-12)25-18(26)13-5-3-2-4-6-13)16-11-29-20(24-16)23-15-9-7-14(8-10-15)19(27)28;/h2-11H,1H3,(H,23,24)(H,27,28)(H,22,25,26);1H/p-1. The van der Waals surface area contributed by atoms with E-state index in [1.165, 1.54) is 34.8 Å². The average molecular weight is 516 g/mol. The molecular weight excluding hydrogens is 500 g/mol. The fourth-order valence-corrected chi connectivity index (χ4v) is 4.42. The second kappa shape index (κ2) is 9.82. The third kappa shape index (κ3) is 5.35. The number of rotatable bonds is 6. The van der Waals surface area contributed by atoms with Gasteiger partial charge in [-0.05, 0) is 43.3 Å². The van der Waals surface area contributed by atoms with Gasteiger partial charge in [0.15, 0.2) is 10.3 Å². The zero-order chi connectivity index (χ0) is 21.1. The van der Waals surface area contributed by atoms with E-state index in [0.717, 1.165) is 22.0 Å². The number of carbonyl (C=O) groups is 2. The molecule has 31 heavy (non-hydrogen) atoms. The fourth-order valence-electron chi connectivity index (χ4n) is 2.70. The number of hydrogen-bond donors (Lipinski definition) is 3. The van der Waals surface area contributed by atoms with Crippen molar-refractivity contribution in [1.29, 1.82) is 0 Å². The molecule has 0 aliphatic carbocycles. The molecule has 1 amide bonds. The first kappa shape index (κ1) is 22.6. The molecule has 158 valence electrons. The molecular formula is C21H16BrN4O3S2-. The van der Waals surface area contributed by atoms with E-state index in [1.54, 1.807) is 24.3 Å². The van der Waals surface area contributed by atoms with Crippen LogP contribution in [-0.2, 0) is 0 Å². The molecule has 0 aliphatic rings. The van der Waals surface area contributed by atoms with Crippen molar-refractivity contribution in [3.8, 4) is 10.6 Å². The van der Waals surface area contributed by atoms with E-state index in [1.807, 2.05) is 30.5 Å². The summed E-state index contributed by atoms with van der Waals surface area (Å²) in [5.74, 6) is -1.17. The van der Waals surface area contributed by atoms with Gasteiger partial charge in [0.05, 0.1) is 21.8 Å². The first-order valence-electron chi connectivity index (χ1n) is 8.90. The molecule has 0 fully saturated rings. The van der Waals surface area contributed by atoms with E-state index < -0.39 is 5.97 Å². The lowest BCUT2D eigenvalue weighted by Crippen LogP contribution is -3.00. The lowest BCUT2D eigenvalue weighted by molar-refractivity contribution is -0.0000288. The number of thiazole rings is 2. The number of carboxylic acids is 1. The van der Waals surface area contributed by atoms with Crippen LogP contribution in [0.4, 0.5) is 16.0 Å². The van der Waals surface area contributed by atoms with Gasteiger partial charge in [0, 0.05) is 16.6 Å². The number of aromatic nitrogens is 2. The van der Waals surface area contributed by atoms with Gasteiger partial charge >= 0.3 is 5.97 Å². The highest BCUT2D eigenvalue weighted by Gasteiger charge is 2.15. The van der Waals surface area contributed by atoms with Gasteiger partial charge < -0.3 is 27.4 Å². The summed E-state index contributed by atoms with van der Waals surface area (Å²) in [6.07, 6.45) is 0. The van der Waals surface area contributed by atoms with Gasteiger partial charge in [-0.1, -0.05) is 29.5 Å². The van der Waals surface area contributed by atoms with Gasteiger partial charge in [-0.15, -0.1) is 11.3 Å². The van der Waals surface area contributed by atoms with Crippen LogP contribution < -0.4 is 27.6 Å². The molecule has 0 radical (unpaired) electrons. The highest BCUT2D eigenvalue weighted by Crippen LogP contribution is 2.35. The molecule has 0 aliphatic heterocycles. The number of hydrogen-bond acceptors (Lipinski definition) is 7. The van der Waals surface area contributed by atoms with Crippen LogP contribution in [0.2, 0.25) is 0 Å². The molecule has 2 heterocycles. The third-order valence-corrected chi connectivity index (χ3v) is 6.03. The van der Waals surface area contributed by atoms with Gasteiger partial charge in [0.2, 0.25) is 0 Å². The molecule has 3 N–H and O–H groups in total. The Morgan fingerprint density at radius 1 is 0.935 bits per heavy atom. The van der Waals surface area contributed by atoms with Gasteiger partial charge in [-0.3, -0.25) is 10.1 Å². The summed E-state index contributed by atoms with van der Waals surface area (Å²) in [4.78, 5) is 33.2. The maximum absolute atomic E-state index is 12.3. The number of carboxylic acid groups (broad SMARTS) is 1. The molecule has 10 heteroatoms. The molecule has 4 aromatic rings. The van der Waals surface area contributed by atoms with E-state index >= 15 is 0 Å². The number of aromatic carboxylic acids is 1. The second-order valence-corrected chi connectivity index (χ2v) is 8.16. The summed E-state index contributed by atoms with van der Waals surface area (Å²) in [5.41, 5.74) is 3.09. The predicted molar refractivity (Wildman–Crippen MR) is 119 cm³/mol. The van der Waals surface area contributed by atoms with Gasteiger partial charge in [0.25, 0.3) is 5.91 Å². The number of halogens is 1. The van der Waals surface area contributed by atoms with Crippen molar-refractivity contribution in [3.05, 3.63) is 76.8 Å². The quantitative estimate of drug-likeness (QED) is 0.364. The minimum absolute atomic E-state index is 0. The summed E-state index contributed by atoms with van der Waals surface area (Å²) in [7, 11) is 0. The van der Waals surface area contributed by atoms with Crippen molar-refractivity contribution in [1.82, 2.24) is 9.97 Å². The Labute approximate surface area is 196 Å². The molecule has 7 nitrogen and oxygen atoms in total. The predicted octanol–water partition coefficient (Wildman–Crippen LogP) is 2.27. The van der Waals surface area contributed by atoms with Crippen LogP contribution in [0.5, 0.6) is 0 Å². The smallest absolute Gasteiger partial charge is 0.335 e. The second-order valence-electron chi connectivity index (χ2n) is 6.30. The number of benzene rings is 2. The molecule has 2 aromatic carbocycles. The molecule has 0 spiro atoms. The van der Waals surface area contributed by atoms with Crippen molar-refractivity contribution in [2.24, 2.45) is 0 Å². The zero-order valence-electron chi connectivity index (χ0n) is 16.1. The number of aryl methyl sites for hydroxylation is 1. The summed E-state index contributed by atoms with van der Waals surface area (Å²) in [6, 6.07) is 15.4. The van der Waals surface area contributed by atoms with E-state index in [2.05, 4.69) is 20.6 Å². The fraction of sp³-hybridized carbons (Fsp3) is 0.0476. The Morgan fingerprint density at radius 2 is 1.65 bits per heavy atom. The molecule has 0 unspecified atom stereocenters.